The molecule has 1 aromatic carbocycles. The molecule has 2 aromatic heterocycles. The SMILES string of the molecule is Clc1ncc2ccc3[nH]ccc3c2n1. The van der Waals surface area contributed by atoms with Crippen molar-refractivity contribution in [2.45, 2.75) is 0 Å². The summed E-state index contributed by atoms with van der Waals surface area (Å²) in [6, 6.07) is 5.97. The van der Waals surface area contributed by atoms with Gasteiger partial charge in [-0.25, -0.2) is 9.97 Å². The van der Waals surface area contributed by atoms with E-state index in [4.69, 9.17) is 11.6 Å². The lowest BCUT2D eigenvalue weighted by atomic mass is 10.2. The first-order valence-electron chi connectivity index (χ1n) is 4.23. The molecule has 0 saturated carbocycles. The summed E-state index contributed by atoms with van der Waals surface area (Å²) in [6.07, 6.45) is 3.62. The van der Waals surface area contributed by atoms with E-state index in [-0.39, 0.29) is 5.28 Å². The van der Waals surface area contributed by atoms with Gasteiger partial charge in [0.15, 0.2) is 0 Å². The van der Waals surface area contributed by atoms with Gasteiger partial charge in [0.2, 0.25) is 5.28 Å². The third kappa shape index (κ3) is 0.992. The van der Waals surface area contributed by atoms with E-state index in [0.717, 1.165) is 21.8 Å². The molecule has 0 aliphatic rings. The molecule has 0 atom stereocenters. The summed E-state index contributed by atoms with van der Waals surface area (Å²) in [5.74, 6) is 0. The maximum Gasteiger partial charge on any atom is 0.222 e. The Morgan fingerprint density at radius 3 is 3.07 bits per heavy atom. The Bertz CT molecular complexity index is 615. The zero-order chi connectivity index (χ0) is 9.54. The molecule has 0 aliphatic heterocycles. The van der Waals surface area contributed by atoms with Crippen LogP contribution in [0.2, 0.25) is 5.28 Å². The second-order valence-electron chi connectivity index (χ2n) is 3.08. The fourth-order valence-corrected chi connectivity index (χ4v) is 1.74. The highest BCUT2D eigenvalue weighted by Crippen LogP contribution is 2.22. The Labute approximate surface area is 84.7 Å². The summed E-state index contributed by atoms with van der Waals surface area (Å²) in [7, 11) is 0. The van der Waals surface area contributed by atoms with Crippen LogP contribution in [0.25, 0.3) is 21.8 Å². The molecule has 0 spiro atoms. The van der Waals surface area contributed by atoms with E-state index < -0.39 is 0 Å². The summed E-state index contributed by atoms with van der Waals surface area (Å²) >= 11 is 5.75. The molecular formula is C10H6ClN3. The van der Waals surface area contributed by atoms with E-state index in [1.165, 1.54) is 0 Å². The van der Waals surface area contributed by atoms with Crippen LogP contribution in [-0.2, 0) is 0 Å². The molecule has 3 rings (SSSR count). The van der Waals surface area contributed by atoms with Crippen molar-refractivity contribution in [1.82, 2.24) is 15.0 Å². The van der Waals surface area contributed by atoms with Crippen LogP contribution in [0.3, 0.4) is 0 Å². The highest BCUT2D eigenvalue weighted by molar-refractivity contribution is 6.28. The fraction of sp³-hybridized carbons (Fsp3) is 0. The van der Waals surface area contributed by atoms with E-state index in [9.17, 15) is 0 Å². The number of fused-ring (bicyclic) bond motifs is 3. The summed E-state index contributed by atoms with van der Waals surface area (Å²) < 4.78 is 0. The Kier molecular flexibility index (Phi) is 1.49. The van der Waals surface area contributed by atoms with E-state index in [2.05, 4.69) is 15.0 Å². The number of H-pyrrole nitrogens is 1. The van der Waals surface area contributed by atoms with Crippen LogP contribution >= 0.6 is 11.6 Å². The Balaban J connectivity index is 2.60. The Morgan fingerprint density at radius 2 is 2.14 bits per heavy atom. The summed E-state index contributed by atoms with van der Waals surface area (Å²) in [5.41, 5.74) is 1.95. The van der Waals surface area contributed by atoms with Crippen LogP contribution in [-0.4, -0.2) is 15.0 Å². The third-order valence-electron chi connectivity index (χ3n) is 2.25. The van der Waals surface area contributed by atoms with E-state index in [1.807, 2.05) is 24.4 Å². The summed E-state index contributed by atoms with van der Waals surface area (Å²) in [4.78, 5) is 11.3. The monoisotopic (exact) mass is 203 g/mol. The molecule has 1 N–H and O–H groups in total. The standard InChI is InChI=1S/C10H6ClN3/c11-10-13-5-6-1-2-8-7(3-4-12-8)9(6)14-10/h1-5,12H. The maximum absolute atomic E-state index is 5.75. The highest BCUT2D eigenvalue weighted by Gasteiger charge is 2.03. The second-order valence-corrected chi connectivity index (χ2v) is 3.42. The van der Waals surface area contributed by atoms with Crippen molar-refractivity contribution in [1.29, 1.82) is 0 Å². The predicted octanol–water partition coefficient (Wildman–Crippen LogP) is 2.76. The first kappa shape index (κ1) is 7.76. The summed E-state index contributed by atoms with van der Waals surface area (Å²) in [5, 5.41) is 2.36. The number of halogens is 1. The minimum absolute atomic E-state index is 0.284. The van der Waals surface area contributed by atoms with Gasteiger partial charge in [-0.05, 0) is 29.8 Å². The van der Waals surface area contributed by atoms with E-state index in [0.29, 0.717) is 0 Å². The van der Waals surface area contributed by atoms with Gasteiger partial charge < -0.3 is 4.98 Å². The van der Waals surface area contributed by atoms with E-state index >= 15 is 0 Å². The van der Waals surface area contributed by atoms with Gasteiger partial charge in [0.25, 0.3) is 0 Å². The van der Waals surface area contributed by atoms with Crippen molar-refractivity contribution in [2.75, 3.05) is 0 Å². The molecule has 0 amide bonds. The second kappa shape index (κ2) is 2.69. The van der Waals surface area contributed by atoms with Crippen LogP contribution < -0.4 is 0 Å². The van der Waals surface area contributed by atoms with Crippen molar-refractivity contribution in [2.24, 2.45) is 0 Å². The molecule has 0 saturated heterocycles. The average molecular weight is 204 g/mol. The van der Waals surface area contributed by atoms with Gasteiger partial charge >= 0.3 is 0 Å². The first-order valence-corrected chi connectivity index (χ1v) is 4.61. The third-order valence-corrected chi connectivity index (χ3v) is 2.43. The van der Waals surface area contributed by atoms with Crippen LogP contribution in [0.15, 0.2) is 30.6 Å². The maximum atomic E-state index is 5.75. The molecular weight excluding hydrogens is 198 g/mol. The van der Waals surface area contributed by atoms with Crippen molar-refractivity contribution in [3.8, 4) is 0 Å². The molecule has 3 aromatic rings. The molecule has 3 nitrogen and oxygen atoms in total. The van der Waals surface area contributed by atoms with Gasteiger partial charge in [0, 0.05) is 28.7 Å². The van der Waals surface area contributed by atoms with Gasteiger partial charge in [0.1, 0.15) is 0 Å². The van der Waals surface area contributed by atoms with Gasteiger partial charge in [-0.15, -0.1) is 0 Å². The van der Waals surface area contributed by atoms with Crippen LogP contribution in [0.5, 0.6) is 0 Å². The molecule has 0 radical (unpaired) electrons. The number of nitrogens with one attached hydrogen (secondary N) is 1. The number of rotatable bonds is 0. The smallest absolute Gasteiger partial charge is 0.222 e. The van der Waals surface area contributed by atoms with Crippen LogP contribution in [0, 0.1) is 0 Å². The highest BCUT2D eigenvalue weighted by atomic mass is 35.5. The topological polar surface area (TPSA) is 41.6 Å². The fourth-order valence-electron chi connectivity index (χ4n) is 1.61. The van der Waals surface area contributed by atoms with E-state index in [1.54, 1.807) is 6.20 Å². The van der Waals surface area contributed by atoms with Gasteiger partial charge in [0.05, 0.1) is 5.52 Å². The van der Waals surface area contributed by atoms with Crippen molar-refractivity contribution in [3.05, 3.63) is 35.9 Å². The van der Waals surface area contributed by atoms with Gasteiger partial charge in [-0.3, -0.25) is 0 Å². The number of nitrogens with zero attached hydrogens (tertiary/aromatic N) is 2. The number of aromatic nitrogens is 3. The predicted molar refractivity (Wildman–Crippen MR) is 56.4 cm³/mol. The molecule has 0 unspecified atom stereocenters. The molecule has 0 fully saturated rings. The largest absolute Gasteiger partial charge is 0.361 e. The zero-order valence-corrected chi connectivity index (χ0v) is 7.92. The molecule has 0 aliphatic carbocycles. The molecule has 0 bridgehead atoms. The van der Waals surface area contributed by atoms with Crippen molar-refractivity contribution < 1.29 is 0 Å². The lowest BCUT2D eigenvalue weighted by Crippen LogP contribution is -1.84. The number of benzene rings is 1. The summed E-state index contributed by atoms with van der Waals surface area (Å²) in [6.45, 7) is 0. The molecule has 14 heavy (non-hydrogen) atoms. The lowest BCUT2D eigenvalue weighted by molar-refractivity contribution is 1.23. The molecule has 4 heteroatoms. The Morgan fingerprint density at radius 1 is 1.21 bits per heavy atom. The number of hydrogen-bond donors (Lipinski definition) is 1. The molecule has 2 heterocycles. The Hall–Kier alpha value is -1.61. The average Bonchev–Trinajstić information content (AvgIpc) is 2.65. The van der Waals surface area contributed by atoms with Gasteiger partial charge in [-0.2, -0.15) is 0 Å². The van der Waals surface area contributed by atoms with Crippen LogP contribution in [0.1, 0.15) is 0 Å². The normalized spacial score (nSPS) is 11.2. The minimum atomic E-state index is 0.284. The zero-order valence-electron chi connectivity index (χ0n) is 7.16. The molecule has 68 valence electrons. The van der Waals surface area contributed by atoms with Gasteiger partial charge in [-0.1, -0.05) is 0 Å². The lowest BCUT2D eigenvalue weighted by Gasteiger charge is -1.98. The minimum Gasteiger partial charge on any atom is -0.361 e. The number of aromatic amines is 1. The van der Waals surface area contributed by atoms with Crippen LogP contribution in [0.4, 0.5) is 0 Å². The number of hydrogen-bond acceptors (Lipinski definition) is 2. The first-order chi connectivity index (χ1) is 6.84. The van der Waals surface area contributed by atoms with Crippen molar-refractivity contribution in [3.63, 3.8) is 0 Å². The quantitative estimate of drug-likeness (QED) is 0.571. The van der Waals surface area contributed by atoms with Crippen molar-refractivity contribution >= 4 is 33.4 Å².